The van der Waals surface area contributed by atoms with E-state index in [4.69, 9.17) is 0 Å². The Kier molecular flexibility index (Phi) is 23.5. The Morgan fingerprint density at radius 2 is 1.00 bits per heavy atom. The molecule has 0 N–H and O–H groups in total. The number of benzene rings is 2. The Bertz CT molecular complexity index is 637. The van der Waals surface area contributed by atoms with Crippen LogP contribution in [0.4, 0.5) is 0 Å². The third-order valence-electron chi connectivity index (χ3n) is 4.03. The van der Waals surface area contributed by atoms with Crippen LogP contribution in [0.5, 0.6) is 0 Å². The molecule has 0 saturated heterocycles. The lowest BCUT2D eigenvalue weighted by Crippen LogP contribution is -1.99. The second kappa shape index (κ2) is 21.6. The van der Waals surface area contributed by atoms with E-state index in [1.807, 2.05) is 41.5 Å². The van der Waals surface area contributed by atoms with Gasteiger partial charge >= 0.3 is 0 Å². The fourth-order valence-electron chi connectivity index (χ4n) is 2.08. The molecule has 2 aromatic rings. The molecule has 30 heavy (non-hydrogen) atoms. The van der Waals surface area contributed by atoms with Crippen LogP contribution in [0.1, 0.15) is 84.6 Å². The molecular formula is C30H50. The van der Waals surface area contributed by atoms with E-state index in [2.05, 4.69) is 96.3 Å². The molecule has 0 aliphatic rings. The molecule has 0 fully saturated rings. The van der Waals surface area contributed by atoms with Crippen LogP contribution < -0.4 is 0 Å². The van der Waals surface area contributed by atoms with E-state index in [0.29, 0.717) is 5.92 Å². The molecule has 0 aliphatic heterocycles. The van der Waals surface area contributed by atoms with Gasteiger partial charge in [-0.1, -0.05) is 119 Å². The van der Waals surface area contributed by atoms with Crippen molar-refractivity contribution >= 4 is 0 Å². The topological polar surface area (TPSA) is 0 Å². The molecule has 0 aliphatic carbocycles. The molecule has 2 aromatic carbocycles. The summed E-state index contributed by atoms with van der Waals surface area (Å²) in [6, 6.07) is 17.4. The van der Waals surface area contributed by atoms with Gasteiger partial charge in [-0.25, -0.2) is 0 Å². The van der Waals surface area contributed by atoms with Crippen molar-refractivity contribution in [3.05, 3.63) is 95.1 Å². The second-order valence-electron chi connectivity index (χ2n) is 7.48. The molecule has 170 valence electrons. The van der Waals surface area contributed by atoms with Crippen LogP contribution in [0.3, 0.4) is 0 Å². The van der Waals surface area contributed by atoms with Gasteiger partial charge in [0.1, 0.15) is 0 Å². The Hall–Kier alpha value is -2.08. The average Bonchev–Trinajstić information content (AvgIpc) is 2.73. The van der Waals surface area contributed by atoms with Gasteiger partial charge in [0.25, 0.3) is 0 Å². The monoisotopic (exact) mass is 410 g/mol. The quantitative estimate of drug-likeness (QED) is 0.440. The van der Waals surface area contributed by atoms with Gasteiger partial charge in [-0.15, -0.1) is 6.58 Å². The van der Waals surface area contributed by atoms with Crippen LogP contribution in [0.15, 0.2) is 72.8 Å². The van der Waals surface area contributed by atoms with Crippen molar-refractivity contribution in [3.8, 4) is 0 Å². The maximum atomic E-state index is 3.97. The van der Waals surface area contributed by atoms with Gasteiger partial charge in [-0.2, -0.15) is 0 Å². The second-order valence-corrected chi connectivity index (χ2v) is 7.48. The molecular weight excluding hydrogens is 360 g/mol. The molecule has 0 saturated carbocycles. The predicted octanol–water partition coefficient (Wildman–Crippen LogP) is 9.94. The minimum atomic E-state index is 0.586. The van der Waals surface area contributed by atoms with Gasteiger partial charge < -0.3 is 0 Å². The van der Waals surface area contributed by atoms with E-state index in [-0.39, 0.29) is 0 Å². The fraction of sp³-hybridized carbons (Fsp3) is 0.467. The van der Waals surface area contributed by atoms with Crippen LogP contribution in [0.2, 0.25) is 0 Å². The van der Waals surface area contributed by atoms with Crippen molar-refractivity contribution in [1.29, 1.82) is 0 Å². The zero-order chi connectivity index (χ0) is 24.1. The SMILES string of the molecule is C=C(C)C.C=C(C)C(C)Cc1ccc(C)cc1.CC.CC.CCc1ccc(C)cc1. The summed E-state index contributed by atoms with van der Waals surface area (Å²) in [5, 5.41) is 0. The first-order valence-electron chi connectivity index (χ1n) is 11.5. The summed E-state index contributed by atoms with van der Waals surface area (Å²) in [5.74, 6) is 0.586. The van der Waals surface area contributed by atoms with Crippen molar-refractivity contribution in [2.75, 3.05) is 0 Å². The third kappa shape index (κ3) is 20.6. The van der Waals surface area contributed by atoms with Crippen LogP contribution in [0, 0.1) is 19.8 Å². The fourth-order valence-corrected chi connectivity index (χ4v) is 2.08. The lowest BCUT2D eigenvalue weighted by molar-refractivity contribution is 0.680. The Morgan fingerprint density at radius 3 is 1.27 bits per heavy atom. The zero-order valence-electron chi connectivity index (χ0n) is 22.0. The summed E-state index contributed by atoms with van der Waals surface area (Å²) >= 11 is 0. The molecule has 0 amide bonds. The third-order valence-corrected chi connectivity index (χ3v) is 4.03. The Labute approximate surface area is 190 Å². The first-order chi connectivity index (χ1) is 14.1. The van der Waals surface area contributed by atoms with E-state index < -0.39 is 0 Å². The highest BCUT2D eigenvalue weighted by Gasteiger charge is 2.03. The number of aryl methyl sites for hydroxylation is 3. The summed E-state index contributed by atoms with van der Waals surface area (Å²) < 4.78 is 0. The van der Waals surface area contributed by atoms with E-state index >= 15 is 0 Å². The molecule has 2 rings (SSSR count). The molecule has 0 nitrogen and oxygen atoms in total. The lowest BCUT2D eigenvalue weighted by atomic mass is 9.95. The zero-order valence-corrected chi connectivity index (χ0v) is 22.0. The smallest absolute Gasteiger partial charge is 0.0197 e. The highest BCUT2D eigenvalue weighted by Crippen LogP contribution is 2.15. The van der Waals surface area contributed by atoms with Crippen molar-refractivity contribution in [1.82, 2.24) is 0 Å². The molecule has 0 aromatic heterocycles. The summed E-state index contributed by atoms with van der Waals surface area (Å²) in [6.07, 6.45) is 2.25. The van der Waals surface area contributed by atoms with Crippen LogP contribution in [-0.2, 0) is 12.8 Å². The molecule has 0 heteroatoms. The Morgan fingerprint density at radius 1 is 0.700 bits per heavy atom. The normalized spacial score (nSPS) is 9.57. The highest BCUT2D eigenvalue weighted by atomic mass is 14.1. The minimum Gasteiger partial charge on any atom is -0.100 e. The maximum Gasteiger partial charge on any atom is -0.0197 e. The highest BCUT2D eigenvalue weighted by molar-refractivity contribution is 5.22. The van der Waals surface area contributed by atoms with E-state index in [9.17, 15) is 0 Å². The van der Waals surface area contributed by atoms with E-state index in [1.165, 1.54) is 33.4 Å². The van der Waals surface area contributed by atoms with Crippen molar-refractivity contribution in [2.24, 2.45) is 5.92 Å². The van der Waals surface area contributed by atoms with Gasteiger partial charge in [0.15, 0.2) is 0 Å². The first kappa shape index (κ1) is 32.6. The van der Waals surface area contributed by atoms with Crippen molar-refractivity contribution in [2.45, 2.75) is 89.0 Å². The average molecular weight is 411 g/mol. The molecule has 1 unspecified atom stereocenters. The molecule has 0 radical (unpaired) electrons. The van der Waals surface area contributed by atoms with Gasteiger partial charge in [0.2, 0.25) is 0 Å². The van der Waals surface area contributed by atoms with Crippen LogP contribution >= 0.6 is 0 Å². The van der Waals surface area contributed by atoms with Gasteiger partial charge in [0.05, 0.1) is 0 Å². The van der Waals surface area contributed by atoms with E-state index in [0.717, 1.165) is 12.8 Å². The first-order valence-corrected chi connectivity index (χ1v) is 11.5. The van der Waals surface area contributed by atoms with Gasteiger partial charge in [0, 0.05) is 0 Å². The number of hydrogen-bond donors (Lipinski definition) is 0. The van der Waals surface area contributed by atoms with Crippen LogP contribution in [-0.4, -0.2) is 0 Å². The number of allylic oxidation sites excluding steroid dienone is 2. The van der Waals surface area contributed by atoms with Gasteiger partial charge in [-0.3, -0.25) is 0 Å². The largest absolute Gasteiger partial charge is 0.100 e. The summed E-state index contributed by atoms with van der Waals surface area (Å²) in [7, 11) is 0. The lowest BCUT2D eigenvalue weighted by Gasteiger charge is -2.10. The maximum absolute atomic E-state index is 3.97. The van der Waals surface area contributed by atoms with Crippen molar-refractivity contribution < 1.29 is 0 Å². The minimum absolute atomic E-state index is 0.586. The summed E-state index contributed by atoms with van der Waals surface area (Å²) in [5.41, 5.74) is 7.92. The van der Waals surface area contributed by atoms with Crippen LogP contribution in [0.25, 0.3) is 0 Å². The summed E-state index contributed by atoms with van der Waals surface area (Å²) in [4.78, 5) is 0. The van der Waals surface area contributed by atoms with Crippen molar-refractivity contribution in [3.63, 3.8) is 0 Å². The number of rotatable bonds is 4. The number of hydrogen-bond acceptors (Lipinski definition) is 0. The summed E-state index contributed by atoms with van der Waals surface area (Å²) in [6.45, 7) is 30.2. The molecule has 0 bridgehead atoms. The van der Waals surface area contributed by atoms with E-state index in [1.54, 1.807) is 0 Å². The van der Waals surface area contributed by atoms with Gasteiger partial charge in [-0.05, 0) is 64.5 Å². The molecule has 0 heterocycles. The predicted molar refractivity (Wildman–Crippen MR) is 143 cm³/mol. The molecule has 0 spiro atoms. The Balaban J connectivity index is -0.000000373. The standard InChI is InChI=1S/C13H18.C9H12.C4H8.2C2H6/c1-10(2)12(4)9-13-7-5-11(3)6-8-13;1-3-9-6-4-8(2)5-7-9;1-4(2)3;2*1-2/h5-8,12H,1,9H2,2-4H3;4-7H,3H2,1-2H3;1H2,2-3H3;2*1-2H3. The molecule has 1 atom stereocenters.